The molecule has 1 aromatic carbocycles. The molecule has 26 heavy (non-hydrogen) atoms. The van der Waals surface area contributed by atoms with Gasteiger partial charge in [0.2, 0.25) is 0 Å². The number of alkyl halides is 3. The molecule has 8 heteroatoms. The molecule has 5 nitrogen and oxygen atoms in total. The fraction of sp³-hybridized carbons (Fsp3) is 0.611. The predicted octanol–water partition coefficient (Wildman–Crippen LogP) is 2.98. The van der Waals surface area contributed by atoms with Crippen molar-refractivity contribution in [1.29, 1.82) is 0 Å². The fourth-order valence-electron chi connectivity index (χ4n) is 3.04. The lowest BCUT2D eigenvalue weighted by molar-refractivity contribution is -0.274. The molecule has 2 N–H and O–H groups in total. The molecule has 1 fully saturated rings. The zero-order valence-corrected chi connectivity index (χ0v) is 15.6. The van der Waals surface area contributed by atoms with Gasteiger partial charge in [0.05, 0.1) is 0 Å². The second kappa shape index (κ2) is 8.62. The summed E-state index contributed by atoms with van der Waals surface area (Å²) in [6.07, 6.45) is -4.71. The molecular formula is C18H27F3N4O. The van der Waals surface area contributed by atoms with Crippen LogP contribution in [0.25, 0.3) is 0 Å². The molecule has 1 aromatic rings. The minimum atomic E-state index is -4.71. The molecule has 0 radical (unpaired) electrons. The minimum absolute atomic E-state index is 0.181. The van der Waals surface area contributed by atoms with Crippen molar-refractivity contribution in [2.24, 2.45) is 10.9 Å². The molecule has 0 spiro atoms. The second-order valence-electron chi connectivity index (χ2n) is 6.86. The van der Waals surface area contributed by atoms with Gasteiger partial charge >= 0.3 is 6.36 Å². The maximum absolute atomic E-state index is 12.5. The molecule has 0 saturated carbocycles. The topological polar surface area (TPSA) is 48.9 Å². The predicted molar refractivity (Wildman–Crippen MR) is 96.1 cm³/mol. The van der Waals surface area contributed by atoms with Crippen molar-refractivity contribution in [3.8, 4) is 5.75 Å². The van der Waals surface area contributed by atoms with Gasteiger partial charge in [-0.1, -0.05) is 25.1 Å². The van der Waals surface area contributed by atoms with Gasteiger partial charge < -0.3 is 15.4 Å². The molecule has 1 saturated heterocycles. The van der Waals surface area contributed by atoms with Crippen LogP contribution in [0.5, 0.6) is 5.75 Å². The van der Waals surface area contributed by atoms with Crippen LogP contribution in [0.15, 0.2) is 29.3 Å². The van der Waals surface area contributed by atoms with Crippen molar-refractivity contribution in [2.75, 3.05) is 20.1 Å². The molecule has 0 amide bonds. The minimum Gasteiger partial charge on any atom is -0.405 e. The van der Waals surface area contributed by atoms with E-state index < -0.39 is 6.36 Å². The molecule has 0 aromatic heterocycles. The molecule has 1 aliphatic rings. The average molecular weight is 372 g/mol. The number of aliphatic imine (C=N–C) groups is 1. The lowest BCUT2D eigenvalue weighted by Crippen LogP contribution is -2.46. The first-order valence-electron chi connectivity index (χ1n) is 8.74. The number of hydrogen-bond acceptors (Lipinski definition) is 3. The summed E-state index contributed by atoms with van der Waals surface area (Å²) in [5.74, 6) is 0.814. The van der Waals surface area contributed by atoms with Crippen LogP contribution in [-0.2, 0) is 6.54 Å². The van der Waals surface area contributed by atoms with E-state index in [1.54, 1.807) is 19.2 Å². The molecule has 0 aliphatic carbocycles. The number of benzene rings is 1. The van der Waals surface area contributed by atoms with E-state index >= 15 is 0 Å². The van der Waals surface area contributed by atoms with Crippen molar-refractivity contribution < 1.29 is 17.9 Å². The highest BCUT2D eigenvalue weighted by molar-refractivity contribution is 5.80. The number of guanidine groups is 1. The van der Waals surface area contributed by atoms with E-state index in [2.05, 4.69) is 46.0 Å². The van der Waals surface area contributed by atoms with E-state index in [1.807, 2.05) is 0 Å². The van der Waals surface area contributed by atoms with Crippen LogP contribution in [0, 0.1) is 5.92 Å². The van der Waals surface area contributed by atoms with Crippen molar-refractivity contribution in [1.82, 2.24) is 15.5 Å². The lowest BCUT2D eigenvalue weighted by Gasteiger charge is -2.22. The van der Waals surface area contributed by atoms with Gasteiger partial charge in [-0.05, 0) is 25.8 Å². The van der Waals surface area contributed by atoms with Gasteiger partial charge in [-0.15, -0.1) is 13.2 Å². The van der Waals surface area contributed by atoms with E-state index in [0.29, 0.717) is 23.5 Å². The molecule has 1 heterocycles. The van der Waals surface area contributed by atoms with Crippen molar-refractivity contribution in [2.45, 2.75) is 45.8 Å². The Labute approximate surface area is 152 Å². The SMILES string of the molecule is CN=C(NCc1ccccc1OC(F)(F)F)NC1CN(C(C)C)CC1C. The summed E-state index contributed by atoms with van der Waals surface area (Å²) in [5, 5.41) is 6.45. The molecule has 2 atom stereocenters. The van der Waals surface area contributed by atoms with E-state index in [4.69, 9.17) is 0 Å². The number of halogens is 3. The van der Waals surface area contributed by atoms with E-state index in [1.165, 1.54) is 12.1 Å². The van der Waals surface area contributed by atoms with E-state index in [-0.39, 0.29) is 18.3 Å². The van der Waals surface area contributed by atoms with Gasteiger partial charge in [0.15, 0.2) is 5.96 Å². The first kappa shape index (κ1) is 20.4. The summed E-state index contributed by atoms with van der Waals surface area (Å²) in [7, 11) is 1.65. The maximum Gasteiger partial charge on any atom is 0.573 e. The second-order valence-corrected chi connectivity index (χ2v) is 6.86. The first-order valence-corrected chi connectivity index (χ1v) is 8.74. The number of ether oxygens (including phenoxy) is 1. The van der Waals surface area contributed by atoms with Crippen LogP contribution in [0.3, 0.4) is 0 Å². The van der Waals surface area contributed by atoms with Crippen LogP contribution in [0.4, 0.5) is 13.2 Å². The van der Waals surface area contributed by atoms with Gasteiger partial charge in [-0.2, -0.15) is 0 Å². The number of nitrogens with one attached hydrogen (secondary N) is 2. The van der Waals surface area contributed by atoms with Gasteiger partial charge in [-0.3, -0.25) is 9.89 Å². The molecular weight excluding hydrogens is 345 g/mol. The summed E-state index contributed by atoms with van der Waals surface area (Å²) in [5.41, 5.74) is 0.413. The molecule has 2 unspecified atom stereocenters. The van der Waals surface area contributed by atoms with E-state index in [0.717, 1.165) is 13.1 Å². The summed E-state index contributed by atoms with van der Waals surface area (Å²) in [4.78, 5) is 6.58. The van der Waals surface area contributed by atoms with Crippen molar-refractivity contribution in [3.63, 3.8) is 0 Å². The highest BCUT2D eigenvalue weighted by atomic mass is 19.4. The third kappa shape index (κ3) is 5.79. The Morgan fingerprint density at radius 2 is 2.00 bits per heavy atom. The van der Waals surface area contributed by atoms with Crippen molar-refractivity contribution in [3.05, 3.63) is 29.8 Å². The van der Waals surface area contributed by atoms with Gasteiger partial charge in [0, 0.05) is 44.3 Å². The van der Waals surface area contributed by atoms with Crippen molar-refractivity contribution >= 4 is 5.96 Å². The highest BCUT2D eigenvalue weighted by Crippen LogP contribution is 2.26. The Morgan fingerprint density at radius 3 is 2.58 bits per heavy atom. The first-order chi connectivity index (χ1) is 12.2. The van der Waals surface area contributed by atoms with Crippen LogP contribution in [-0.4, -0.2) is 49.4 Å². The quantitative estimate of drug-likeness (QED) is 0.616. The summed E-state index contributed by atoms with van der Waals surface area (Å²) in [6.45, 7) is 8.61. The Kier molecular flexibility index (Phi) is 6.75. The van der Waals surface area contributed by atoms with Crippen LogP contribution >= 0.6 is 0 Å². The van der Waals surface area contributed by atoms with Crippen LogP contribution < -0.4 is 15.4 Å². The zero-order chi connectivity index (χ0) is 19.3. The number of para-hydroxylation sites is 1. The summed E-state index contributed by atoms with van der Waals surface area (Å²) >= 11 is 0. The van der Waals surface area contributed by atoms with Gasteiger partial charge in [0.1, 0.15) is 5.75 Å². The zero-order valence-electron chi connectivity index (χ0n) is 15.6. The van der Waals surface area contributed by atoms with Crippen LogP contribution in [0.2, 0.25) is 0 Å². The van der Waals surface area contributed by atoms with E-state index in [9.17, 15) is 13.2 Å². The Hall–Kier alpha value is -1.96. The normalized spacial score (nSPS) is 21.9. The number of nitrogens with zero attached hydrogens (tertiary/aromatic N) is 2. The van der Waals surface area contributed by atoms with Gasteiger partial charge in [-0.25, -0.2) is 0 Å². The number of likely N-dealkylation sites (tertiary alicyclic amines) is 1. The number of rotatable bonds is 5. The average Bonchev–Trinajstić information content (AvgIpc) is 2.92. The van der Waals surface area contributed by atoms with Gasteiger partial charge in [0.25, 0.3) is 0 Å². The maximum atomic E-state index is 12.5. The molecule has 146 valence electrons. The summed E-state index contributed by atoms with van der Waals surface area (Å²) < 4.78 is 41.6. The number of hydrogen-bond donors (Lipinski definition) is 2. The molecule has 1 aliphatic heterocycles. The monoisotopic (exact) mass is 372 g/mol. The molecule has 0 bridgehead atoms. The van der Waals surface area contributed by atoms with Crippen LogP contribution in [0.1, 0.15) is 26.3 Å². The lowest BCUT2D eigenvalue weighted by atomic mass is 10.1. The smallest absolute Gasteiger partial charge is 0.405 e. The Morgan fingerprint density at radius 1 is 1.31 bits per heavy atom. The Balaban J connectivity index is 1.96. The third-order valence-electron chi connectivity index (χ3n) is 4.56. The third-order valence-corrected chi connectivity index (χ3v) is 4.56. The standard InChI is InChI=1S/C18H27F3N4O/c1-12(2)25-10-13(3)15(11-25)24-17(22-4)23-9-14-7-5-6-8-16(14)26-18(19,20)21/h5-8,12-13,15H,9-11H2,1-4H3,(H2,22,23,24). The fourth-order valence-corrected chi connectivity index (χ4v) is 3.04. The summed E-state index contributed by atoms with van der Waals surface area (Å²) in [6, 6.07) is 6.81. The highest BCUT2D eigenvalue weighted by Gasteiger charge is 2.32. The largest absolute Gasteiger partial charge is 0.573 e. The Bertz CT molecular complexity index is 619. The molecule has 2 rings (SSSR count).